The number of halogens is 2. The van der Waals surface area contributed by atoms with Crippen molar-refractivity contribution in [2.45, 2.75) is 37.9 Å². The molecule has 3 aromatic carbocycles. The minimum absolute atomic E-state index is 0.00410. The van der Waals surface area contributed by atoms with Gasteiger partial charge in [0.15, 0.2) is 28.7 Å². The Balaban J connectivity index is 1.51. The van der Waals surface area contributed by atoms with Crippen LogP contribution in [-0.4, -0.2) is 26.4 Å². The smallest absolute Gasteiger partial charge is 0.234 e. The number of ether oxygens (including phenoxy) is 1. The van der Waals surface area contributed by atoms with Crippen LogP contribution in [0.15, 0.2) is 78.0 Å². The number of thioether (sulfide) groups is 1. The number of nitrogens with zero attached hydrogens (tertiary/aromatic N) is 3. The Hall–Kier alpha value is -3.72. The van der Waals surface area contributed by atoms with Crippen molar-refractivity contribution in [3.63, 3.8) is 0 Å². The fourth-order valence-electron chi connectivity index (χ4n) is 3.55. The molecular weight excluding hydrogens is 482 g/mol. The molecule has 186 valence electrons. The molecule has 1 heterocycles. The third-order valence-electron chi connectivity index (χ3n) is 5.43. The molecule has 9 heteroatoms. The summed E-state index contributed by atoms with van der Waals surface area (Å²) >= 11 is 1.18. The quantitative estimate of drug-likeness (QED) is 0.260. The summed E-state index contributed by atoms with van der Waals surface area (Å²) in [6, 6.07) is 20.7. The SMILES string of the molecule is CC(C)c1ccc(OC(C)c2nnc(SCC(=O)Nc3ccc(F)c(F)c3)n2-c2ccccc2)cc1. The summed E-state index contributed by atoms with van der Waals surface area (Å²) in [5, 5.41) is 11.7. The monoisotopic (exact) mass is 508 g/mol. The number of hydrogen-bond donors (Lipinski definition) is 1. The summed E-state index contributed by atoms with van der Waals surface area (Å²) in [5.41, 5.74) is 2.23. The number of amides is 1. The molecule has 6 nitrogen and oxygen atoms in total. The van der Waals surface area contributed by atoms with E-state index < -0.39 is 17.7 Å². The molecule has 0 bridgehead atoms. The standard InChI is InChI=1S/C27H26F2N4O2S/c1-17(2)19-9-12-22(13-10-19)35-18(3)26-31-32-27(33(26)21-7-5-4-6-8-21)36-16-25(34)30-20-11-14-23(28)24(29)15-20/h4-15,17-18H,16H2,1-3H3,(H,30,34). The van der Waals surface area contributed by atoms with Gasteiger partial charge in [0.25, 0.3) is 0 Å². The maximum atomic E-state index is 13.4. The van der Waals surface area contributed by atoms with Crippen molar-refractivity contribution in [1.82, 2.24) is 14.8 Å². The van der Waals surface area contributed by atoms with E-state index in [4.69, 9.17) is 4.74 Å². The number of carbonyl (C=O) groups excluding carboxylic acids is 1. The first kappa shape index (κ1) is 25.4. The van der Waals surface area contributed by atoms with Gasteiger partial charge in [0, 0.05) is 17.4 Å². The second kappa shape index (κ2) is 11.3. The molecule has 0 aliphatic heterocycles. The van der Waals surface area contributed by atoms with Crippen LogP contribution in [0.1, 0.15) is 44.2 Å². The molecule has 1 aromatic heterocycles. The van der Waals surface area contributed by atoms with Gasteiger partial charge in [-0.3, -0.25) is 9.36 Å². The van der Waals surface area contributed by atoms with Crippen LogP contribution < -0.4 is 10.1 Å². The Morgan fingerprint density at radius 2 is 1.69 bits per heavy atom. The average molecular weight is 509 g/mol. The molecule has 0 aliphatic rings. The van der Waals surface area contributed by atoms with Crippen molar-refractivity contribution in [3.8, 4) is 11.4 Å². The molecule has 1 N–H and O–H groups in total. The lowest BCUT2D eigenvalue weighted by molar-refractivity contribution is -0.113. The van der Waals surface area contributed by atoms with Crippen molar-refractivity contribution >= 4 is 23.4 Å². The Bertz CT molecular complexity index is 1330. The van der Waals surface area contributed by atoms with E-state index in [0.29, 0.717) is 16.9 Å². The molecule has 0 fully saturated rings. The van der Waals surface area contributed by atoms with Gasteiger partial charge in [0.05, 0.1) is 5.75 Å². The van der Waals surface area contributed by atoms with E-state index in [9.17, 15) is 13.6 Å². The Morgan fingerprint density at radius 3 is 2.36 bits per heavy atom. The van der Waals surface area contributed by atoms with Crippen LogP contribution in [0.4, 0.5) is 14.5 Å². The number of aromatic nitrogens is 3. The molecule has 4 rings (SSSR count). The molecule has 36 heavy (non-hydrogen) atoms. The highest BCUT2D eigenvalue weighted by Gasteiger charge is 2.22. The van der Waals surface area contributed by atoms with Gasteiger partial charge < -0.3 is 10.1 Å². The van der Waals surface area contributed by atoms with Crippen LogP contribution in [0.25, 0.3) is 5.69 Å². The minimum atomic E-state index is -1.03. The van der Waals surface area contributed by atoms with Crippen molar-refractivity contribution in [2.75, 3.05) is 11.1 Å². The first-order valence-corrected chi connectivity index (χ1v) is 12.5. The van der Waals surface area contributed by atoms with E-state index in [1.54, 1.807) is 0 Å². The van der Waals surface area contributed by atoms with Crippen LogP contribution >= 0.6 is 11.8 Å². The van der Waals surface area contributed by atoms with E-state index in [1.807, 2.05) is 66.1 Å². The maximum absolute atomic E-state index is 13.4. The molecule has 1 atom stereocenters. The van der Waals surface area contributed by atoms with Gasteiger partial charge in [0.1, 0.15) is 5.75 Å². The predicted molar refractivity (Wildman–Crippen MR) is 137 cm³/mol. The summed E-state index contributed by atoms with van der Waals surface area (Å²) in [6.07, 6.45) is -0.423. The lowest BCUT2D eigenvalue weighted by atomic mass is 10.0. The molecule has 0 saturated heterocycles. The average Bonchev–Trinajstić information content (AvgIpc) is 3.30. The van der Waals surface area contributed by atoms with E-state index in [1.165, 1.54) is 23.4 Å². The number of para-hydroxylation sites is 1. The Labute approximate surface area is 212 Å². The van der Waals surface area contributed by atoms with E-state index in [2.05, 4.69) is 29.4 Å². The number of nitrogens with one attached hydrogen (secondary N) is 1. The summed E-state index contributed by atoms with van der Waals surface area (Å²) in [5.74, 6) is -0.663. The second-order valence-electron chi connectivity index (χ2n) is 8.46. The van der Waals surface area contributed by atoms with Crippen LogP contribution in [0, 0.1) is 11.6 Å². The molecule has 0 saturated carbocycles. The Morgan fingerprint density at radius 1 is 0.972 bits per heavy atom. The van der Waals surface area contributed by atoms with E-state index in [-0.39, 0.29) is 17.3 Å². The summed E-state index contributed by atoms with van der Waals surface area (Å²) in [7, 11) is 0. The van der Waals surface area contributed by atoms with E-state index in [0.717, 1.165) is 23.6 Å². The first-order valence-electron chi connectivity index (χ1n) is 11.5. The third kappa shape index (κ3) is 6.09. The van der Waals surface area contributed by atoms with Gasteiger partial charge in [-0.2, -0.15) is 0 Å². The number of benzene rings is 3. The maximum Gasteiger partial charge on any atom is 0.234 e. The largest absolute Gasteiger partial charge is 0.483 e. The van der Waals surface area contributed by atoms with Crippen molar-refractivity contribution < 1.29 is 18.3 Å². The molecule has 1 unspecified atom stereocenters. The van der Waals surface area contributed by atoms with Gasteiger partial charge in [-0.15, -0.1) is 10.2 Å². The lowest BCUT2D eigenvalue weighted by Gasteiger charge is -2.17. The van der Waals surface area contributed by atoms with Gasteiger partial charge >= 0.3 is 0 Å². The van der Waals surface area contributed by atoms with E-state index >= 15 is 0 Å². The number of carbonyl (C=O) groups is 1. The van der Waals surface area contributed by atoms with Gasteiger partial charge in [-0.25, -0.2) is 8.78 Å². The van der Waals surface area contributed by atoms with Gasteiger partial charge in [0.2, 0.25) is 5.91 Å². The highest BCUT2D eigenvalue weighted by Crippen LogP contribution is 2.29. The summed E-state index contributed by atoms with van der Waals surface area (Å²) in [6.45, 7) is 6.17. The topological polar surface area (TPSA) is 69.0 Å². The van der Waals surface area contributed by atoms with Crippen LogP contribution in [0.3, 0.4) is 0 Å². The van der Waals surface area contributed by atoms with Crippen LogP contribution in [0.5, 0.6) is 5.75 Å². The Kier molecular flexibility index (Phi) is 8.00. The lowest BCUT2D eigenvalue weighted by Crippen LogP contribution is -2.15. The van der Waals surface area contributed by atoms with Gasteiger partial charge in [-0.05, 0) is 54.8 Å². The highest BCUT2D eigenvalue weighted by molar-refractivity contribution is 7.99. The zero-order chi connectivity index (χ0) is 25.7. The molecule has 1 amide bonds. The van der Waals surface area contributed by atoms with Crippen molar-refractivity contribution in [1.29, 1.82) is 0 Å². The zero-order valence-electron chi connectivity index (χ0n) is 20.1. The molecule has 0 radical (unpaired) electrons. The van der Waals surface area contributed by atoms with Crippen molar-refractivity contribution in [2.24, 2.45) is 0 Å². The zero-order valence-corrected chi connectivity index (χ0v) is 20.9. The molecule has 0 aliphatic carbocycles. The molecule has 0 spiro atoms. The number of hydrogen-bond acceptors (Lipinski definition) is 5. The third-order valence-corrected chi connectivity index (χ3v) is 6.36. The summed E-state index contributed by atoms with van der Waals surface area (Å²) < 4.78 is 34.6. The number of anilines is 1. The van der Waals surface area contributed by atoms with Crippen molar-refractivity contribution in [3.05, 3.63) is 95.8 Å². The fraction of sp³-hybridized carbons (Fsp3) is 0.222. The summed E-state index contributed by atoms with van der Waals surface area (Å²) in [4.78, 5) is 12.5. The minimum Gasteiger partial charge on any atom is -0.483 e. The molecule has 4 aromatic rings. The highest BCUT2D eigenvalue weighted by atomic mass is 32.2. The van der Waals surface area contributed by atoms with Crippen LogP contribution in [0.2, 0.25) is 0 Å². The number of rotatable bonds is 9. The predicted octanol–water partition coefficient (Wildman–Crippen LogP) is 6.54. The van der Waals surface area contributed by atoms with Crippen LogP contribution in [-0.2, 0) is 4.79 Å². The second-order valence-corrected chi connectivity index (χ2v) is 9.40. The molecular formula is C27H26F2N4O2S. The first-order chi connectivity index (χ1) is 17.3. The normalized spacial score (nSPS) is 11.9. The van der Waals surface area contributed by atoms with Gasteiger partial charge in [-0.1, -0.05) is 55.9 Å². The fourth-order valence-corrected chi connectivity index (χ4v) is 4.31.